The minimum atomic E-state index is -0.359. The van der Waals surface area contributed by atoms with Crippen LogP contribution in [-0.4, -0.2) is 11.8 Å². The minimum absolute atomic E-state index is 0.0663. The summed E-state index contributed by atoms with van der Waals surface area (Å²) in [6, 6.07) is 16.2. The number of hydrogen-bond acceptors (Lipinski definition) is 3. The zero-order valence-electron chi connectivity index (χ0n) is 10.6. The van der Waals surface area contributed by atoms with E-state index in [4.69, 9.17) is 4.74 Å². The minimum Gasteiger partial charge on any atom is -0.461 e. The summed E-state index contributed by atoms with van der Waals surface area (Å²) in [5, 5.41) is 0. The average Bonchev–Trinajstić information content (AvgIpc) is 2.45. The van der Waals surface area contributed by atoms with Gasteiger partial charge in [0, 0.05) is 23.6 Å². The van der Waals surface area contributed by atoms with Gasteiger partial charge >= 0.3 is 5.97 Å². The second-order valence-electron chi connectivity index (χ2n) is 4.13. The first-order valence-electron chi connectivity index (χ1n) is 5.99. The van der Waals surface area contributed by atoms with Crippen LogP contribution in [0.25, 0.3) is 0 Å². The van der Waals surface area contributed by atoms with Gasteiger partial charge in [0.2, 0.25) is 0 Å². The summed E-state index contributed by atoms with van der Waals surface area (Å²) >= 11 is 0. The monoisotopic (exact) mass is 254 g/mol. The second kappa shape index (κ2) is 5.96. The second-order valence-corrected chi connectivity index (χ2v) is 4.13. The molecule has 0 aliphatic heterocycles. The van der Waals surface area contributed by atoms with Crippen molar-refractivity contribution in [2.24, 2.45) is 0 Å². The van der Waals surface area contributed by atoms with Crippen molar-refractivity contribution in [2.75, 3.05) is 0 Å². The Bertz CT molecular complexity index is 588. The molecule has 2 aromatic carbocycles. The lowest BCUT2D eigenvalue weighted by Crippen LogP contribution is -2.07. The average molecular weight is 254 g/mol. The van der Waals surface area contributed by atoms with Crippen LogP contribution < -0.4 is 0 Å². The van der Waals surface area contributed by atoms with Gasteiger partial charge in [-0.05, 0) is 0 Å². The predicted octanol–water partition coefficient (Wildman–Crippen LogP) is 2.98. The first-order valence-corrected chi connectivity index (χ1v) is 5.99. The fraction of sp³-hybridized carbons (Fsp3) is 0.125. The summed E-state index contributed by atoms with van der Waals surface area (Å²) in [4.78, 5) is 23.2. The van der Waals surface area contributed by atoms with Gasteiger partial charge in [-0.25, -0.2) is 0 Å². The van der Waals surface area contributed by atoms with Crippen LogP contribution in [0.1, 0.15) is 28.4 Å². The zero-order valence-corrected chi connectivity index (χ0v) is 10.6. The lowest BCUT2D eigenvalue weighted by atomic mass is 9.99. The molecule has 0 unspecified atom stereocenters. The third kappa shape index (κ3) is 3.28. The highest BCUT2D eigenvalue weighted by molar-refractivity contribution is 6.09. The van der Waals surface area contributed by atoms with Gasteiger partial charge in [0.25, 0.3) is 0 Å². The highest BCUT2D eigenvalue weighted by Gasteiger charge is 2.13. The van der Waals surface area contributed by atoms with Crippen molar-refractivity contribution in [3.63, 3.8) is 0 Å². The van der Waals surface area contributed by atoms with Crippen molar-refractivity contribution in [1.29, 1.82) is 0 Å². The molecule has 0 saturated heterocycles. The van der Waals surface area contributed by atoms with Gasteiger partial charge in [0.1, 0.15) is 6.61 Å². The molecule has 0 aromatic heterocycles. The molecule has 96 valence electrons. The highest BCUT2D eigenvalue weighted by Crippen LogP contribution is 2.15. The molecule has 0 atom stereocenters. The van der Waals surface area contributed by atoms with E-state index in [1.807, 2.05) is 24.3 Å². The molecule has 0 radical (unpaired) electrons. The van der Waals surface area contributed by atoms with E-state index in [9.17, 15) is 9.59 Å². The number of carbonyl (C=O) groups excluding carboxylic acids is 2. The van der Waals surface area contributed by atoms with Gasteiger partial charge in [0.15, 0.2) is 5.78 Å². The van der Waals surface area contributed by atoms with E-state index >= 15 is 0 Å². The Morgan fingerprint density at radius 2 is 1.58 bits per heavy atom. The molecular formula is C16H14O3. The maximum absolute atomic E-state index is 12.4. The molecule has 0 aliphatic rings. The summed E-state index contributed by atoms with van der Waals surface area (Å²) < 4.78 is 4.96. The van der Waals surface area contributed by atoms with Crippen LogP contribution in [-0.2, 0) is 16.1 Å². The largest absolute Gasteiger partial charge is 0.461 e. The van der Waals surface area contributed by atoms with Crippen molar-refractivity contribution in [2.45, 2.75) is 13.5 Å². The van der Waals surface area contributed by atoms with Crippen LogP contribution in [0.2, 0.25) is 0 Å². The lowest BCUT2D eigenvalue weighted by Gasteiger charge is -2.08. The summed E-state index contributed by atoms with van der Waals surface area (Å²) in [7, 11) is 0. The quantitative estimate of drug-likeness (QED) is 0.622. The van der Waals surface area contributed by atoms with Crippen LogP contribution >= 0.6 is 0 Å². The maximum atomic E-state index is 12.4. The fourth-order valence-corrected chi connectivity index (χ4v) is 1.79. The molecule has 2 rings (SSSR count). The molecule has 0 aliphatic carbocycles. The SMILES string of the molecule is CC(=O)OCc1ccccc1C(=O)c1ccccc1. The van der Waals surface area contributed by atoms with E-state index in [0.29, 0.717) is 16.7 Å². The number of esters is 1. The normalized spacial score (nSPS) is 9.95. The number of rotatable bonds is 4. The molecule has 0 bridgehead atoms. The number of ether oxygens (including phenoxy) is 1. The molecule has 0 N–H and O–H groups in total. The van der Waals surface area contributed by atoms with Gasteiger partial charge in [-0.15, -0.1) is 0 Å². The van der Waals surface area contributed by atoms with Crippen molar-refractivity contribution in [3.8, 4) is 0 Å². The van der Waals surface area contributed by atoms with Crippen molar-refractivity contribution >= 4 is 11.8 Å². The Kier molecular flexibility index (Phi) is 4.08. The van der Waals surface area contributed by atoms with E-state index in [1.54, 1.807) is 30.3 Å². The Labute approximate surface area is 111 Å². The number of hydrogen-bond donors (Lipinski definition) is 0. The number of carbonyl (C=O) groups is 2. The standard InChI is InChI=1S/C16H14O3/c1-12(17)19-11-14-9-5-6-10-15(14)16(18)13-7-3-2-4-8-13/h2-10H,11H2,1H3. The molecule has 3 heteroatoms. The first kappa shape index (κ1) is 13.0. The smallest absolute Gasteiger partial charge is 0.302 e. The number of ketones is 1. The van der Waals surface area contributed by atoms with E-state index < -0.39 is 0 Å². The third-order valence-electron chi connectivity index (χ3n) is 2.73. The van der Waals surface area contributed by atoms with E-state index in [2.05, 4.69) is 0 Å². The van der Waals surface area contributed by atoms with Crippen molar-refractivity contribution < 1.29 is 14.3 Å². The summed E-state index contributed by atoms with van der Waals surface area (Å²) in [6.45, 7) is 1.46. The predicted molar refractivity (Wildman–Crippen MR) is 71.8 cm³/mol. The molecule has 0 fully saturated rings. The molecule has 0 amide bonds. The summed E-state index contributed by atoms with van der Waals surface area (Å²) in [6.07, 6.45) is 0. The van der Waals surface area contributed by atoms with Gasteiger partial charge in [0.05, 0.1) is 0 Å². The van der Waals surface area contributed by atoms with Crippen LogP contribution in [0.5, 0.6) is 0 Å². The topological polar surface area (TPSA) is 43.4 Å². The fourth-order valence-electron chi connectivity index (χ4n) is 1.79. The summed E-state index contributed by atoms with van der Waals surface area (Å²) in [5.41, 5.74) is 1.90. The van der Waals surface area contributed by atoms with E-state index in [0.717, 1.165) is 0 Å². The maximum Gasteiger partial charge on any atom is 0.302 e. The Hall–Kier alpha value is -2.42. The van der Waals surface area contributed by atoms with Crippen LogP contribution in [0, 0.1) is 0 Å². The van der Waals surface area contributed by atoms with Crippen LogP contribution in [0.4, 0.5) is 0 Å². The molecule has 0 saturated carbocycles. The lowest BCUT2D eigenvalue weighted by molar-refractivity contribution is -0.142. The third-order valence-corrected chi connectivity index (χ3v) is 2.73. The number of benzene rings is 2. The van der Waals surface area contributed by atoms with Crippen LogP contribution in [0.15, 0.2) is 54.6 Å². The Morgan fingerprint density at radius 3 is 2.26 bits per heavy atom. The first-order chi connectivity index (χ1) is 9.18. The highest BCUT2D eigenvalue weighted by atomic mass is 16.5. The van der Waals surface area contributed by atoms with Gasteiger partial charge in [-0.3, -0.25) is 9.59 Å². The van der Waals surface area contributed by atoms with Gasteiger partial charge in [-0.1, -0.05) is 54.6 Å². The molecular weight excluding hydrogens is 240 g/mol. The van der Waals surface area contributed by atoms with Crippen molar-refractivity contribution in [3.05, 3.63) is 71.3 Å². The van der Waals surface area contributed by atoms with Crippen molar-refractivity contribution in [1.82, 2.24) is 0 Å². The Balaban J connectivity index is 2.29. The Morgan fingerprint density at radius 1 is 0.947 bits per heavy atom. The molecule has 0 heterocycles. The van der Waals surface area contributed by atoms with Gasteiger partial charge in [-0.2, -0.15) is 0 Å². The molecule has 0 spiro atoms. The summed E-state index contributed by atoms with van der Waals surface area (Å²) in [5.74, 6) is -0.426. The zero-order chi connectivity index (χ0) is 13.7. The van der Waals surface area contributed by atoms with Gasteiger partial charge < -0.3 is 4.74 Å². The van der Waals surface area contributed by atoms with Crippen LogP contribution in [0.3, 0.4) is 0 Å². The van der Waals surface area contributed by atoms with E-state index in [1.165, 1.54) is 6.92 Å². The van der Waals surface area contributed by atoms with E-state index in [-0.39, 0.29) is 18.4 Å². The molecule has 19 heavy (non-hydrogen) atoms. The molecule has 3 nitrogen and oxygen atoms in total. The molecule has 2 aromatic rings.